The molecule has 5 nitrogen and oxygen atoms in total. The van der Waals surface area contributed by atoms with E-state index in [4.69, 9.17) is 5.26 Å². The van der Waals surface area contributed by atoms with Crippen LogP contribution in [-0.4, -0.2) is 19.2 Å². The quantitative estimate of drug-likeness (QED) is 0.812. The molecule has 0 fully saturated rings. The minimum absolute atomic E-state index is 0.155. The Morgan fingerprint density at radius 1 is 1.71 bits per heavy atom. The smallest absolute Gasteiger partial charge is 0.225 e. The van der Waals surface area contributed by atoms with Crippen molar-refractivity contribution in [2.75, 3.05) is 5.75 Å². The lowest BCUT2D eigenvalue weighted by atomic mass is 10.6. The fourth-order valence-electron chi connectivity index (χ4n) is 0.791. The highest BCUT2D eigenvalue weighted by Gasteiger charge is 2.09. The molecular weight excluding hydrogens is 222 g/mol. The molecule has 0 saturated carbocycles. The first kappa shape index (κ1) is 11.1. The molecule has 0 aliphatic rings. The van der Waals surface area contributed by atoms with Gasteiger partial charge in [0.25, 0.3) is 0 Å². The fourth-order valence-corrected chi connectivity index (χ4v) is 2.24. The van der Waals surface area contributed by atoms with Gasteiger partial charge in [0, 0.05) is 11.1 Å². The van der Waals surface area contributed by atoms with Crippen LogP contribution in [-0.2, 0) is 16.6 Å². The zero-order valence-corrected chi connectivity index (χ0v) is 9.15. The van der Waals surface area contributed by atoms with Crippen molar-refractivity contribution >= 4 is 21.4 Å². The van der Waals surface area contributed by atoms with Gasteiger partial charge in [-0.15, -0.1) is 11.3 Å². The second kappa shape index (κ2) is 4.50. The first-order valence-electron chi connectivity index (χ1n) is 3.79. The highest BCUT2D eigenvalue weighted by Crippen LogP contribution is 2.10. The molecule has 0 aliphatic carbocycles. The topological polar surface area (TPSA) is 82.8 Å². The molecule has 0 atom stereocenters. The van der Waals surface area contributed by atoms with Crippen LogP contribution in [0.25, 0.3) is 0 Å². The maximum atomic E-state index is 11.1. The van der Waals surface area contributed by atoms with Gasteiger partial charge in [0.15, 0.2) is 5.75 Å². The van der Waals surface area contributed by atoms with E-state index in [-0.39, 0.29) is 6.54 Å². The van der Waals surface area contributed by atoms with E-state index >= 15 is 0 Å². The number of nitriles is 1. The van der Waals surface area contributed by atoms with Crippen molar-refractivity contribution in [3.8, 4) is 6.07 Å². The predicted octanol–water partition coefficient (Wildman–Crippen LogP) is 0.395. The molecule has 0 bridgehead atoms. The lowest BCUT2D eigenvalue weighted by molar-refractivity contribution is 0.584. The molecule has 1 aromatic heterocycles. The van der Waals surface area contributed by atoms with Gasteiger partial charge >= 0.3 is 0 Å². The molecule has 0 amide bonds. The molecule has 7 heteroatoms. The van der Waals surface area contributed by atoms with Crippen molar-refractivity contribution in [2.45, 2.75) is 13.5 Å². The Bertz CT molecular complexity index is 444. The second-order valence-electron chi connectivity index (χ2n) is 2.60. The Balaban J connectivity index is 2.54. The number of nitrogens with one attached hydrogen (secondary N) is 1. The molecule has 0 unspecified atom stereocenters. The highest BCUT2D eigenvalue weighted by atomic mass is 32.2. The number of sulfonamides is 1. The summed E-state index contributed by atoms with van der Waals surface area (Å²) in [6.45, 7) is 2.05. The van der Waals surface area contributed by atoms with Gasteiger partial charge in [-0.05, 0) is 6.92 Å². The van der Waals surface area contributed by atoms with Gasteiger partial charge in [-0.25, -0.2) is 18.1 Å². The summed E-state index contributed by atoms with van der Waals surface area (Å²) in [4.78, 5) is 5.01. The third-order valence-corrected chi connectivity index (χ3v) is 3.37. The van der Waals surface area contributed by atoms with Crippen LogP contribution in [0.1, 0.15) is 9.88 Å². The normalized spacial score (nSPS) is 11.1. The van der Waals surface area contributed by atoms with Crippen molar-refractivity contribution in [3.05, 3.63) is 16.1 Å². The summed E-state index contributed by atoms with van der Waals surface area (Å²) in [6.07, 6.45) is 1.68. The van der Waals surface area contributed by atoms with Gasteiger partial charge in [-0.3, -0.25) is 0 Å². The molecule has 0 aromatic carbocycles. The Labute approximate surface area is 86.5 Å². The summed E-state index contributed by atoms with van der Waals surface area (Å²) in [6, 6.07) is 1.58. The monoisotopic (exact) mass is 231 g/mol. The molecule has 76 valence electrons. The Morgan fingerprint density at radius 2 is 2.43 bits per heavy atom. The lowest BCUT2D eigenvalue weighted by Crippen LogP contribution is -2.25. The van der Waals surface area contributed by atoms with Crippen molar-refractivity contribution in [1.29, 1.82) is 5.26 Å². The standard InChI is InChI=1S/C7H9N3O2S2/c1-6-4-9-7(13-6)5-10-14(11,12)3-2-8/h4,10H,3,5H2,1H3. The average molecular weight is 231 g/mol. The van der Waals surface area contributed by atoms with Crippen LogP contribution in [0.5, 0.6) is 0 Å². The molecule has 0 aliphatic heterocycles. The van der Waals surface area contributed by atoms with E-state index in [0.717, 1.165) is 4.88 Å². The van der Waals surface area contributed by atoms with E-state index in [1.165, 1.54) is 11.3 Å². The molecule has 0 spiro atoms. The van der Waals surface area contributed by atoms with Crippen LogP contribution >= 0.6 is 11.3 Å². The highest BCUT2D eigenvalue weighted by molar-refractivity contribution is 7.89. The SMILES string of the molecule is Cc1cnc(CNS(=O)(=O)CC#N)s1. The van der Waals surface area contributed by atoms with Crippen LogP contribution in [0.4, 0.5) is 0 Å². The molecular formula is C7H9N3O2S2. The zero-order valence-electron chi connectivity index (χ0n) is 7.52. The largest absolute Gasteiger partial charge is 0.248 e. The fraction of sp³-hybridized carbons (Fsp3) is 0.429. The molecule has 14 heavy (non-hydrogen) atoms. The maximum absolute atomic E-state index is 11.1. The first-order valence-corrected chi connectivity index (χ1v) is 6.26. The van der Waals surface area contributed by atoms with Gasteiger partial charge in [0.05, 0.1) is 12.6 Å². The van der Waals surface area contributed by atoms with E-state index in [2.05, 4.69) is 9.71 Å². The number of aromatic nitrogens is 1. The summed E-state index contributed by atoms with van der Waals surface area (Å²) >= 11 is 1.43. The van der Waals surface area contributed by atoms with E-state index in [0.29, 0.717) is 5.01 Å². The number of thiazole rings is 1. The number of hydrogen-bond donors (Lipinski definition) is 1. The summed E-state index contributed by atoms with van der Waals surface area (Å²) in [5.74, 6) is -0.517. The number of aryl methyl sites for hydroxylation is 1. The van der Waals surface area contributed by atoms with E-state index in [1.54, 1.807) is 12.3 Å². The second-order valence-corrected chi connectivity index (χ2v) is 5.73. The zero-order chi connectivity index (χ0) is 10.6. The minimum atomic E-state index is -3.47. The number of rotatable bonds is 4. The van der Waals surface area contributed by atoms with Crippen LogP contribution in [0.3, 0.4) is 0 Å². The molecule has 0 saturated heterocycles. The molecule has 1 N–H and O–H groups in total. The number of nitrogens with zero attached hydrogens (tertiary/aromatic N) is 2. The Kier molecular flexibility index (Phi) is 3.57. The van der Waals surface area contributed by atoms with Crippen LogP contribution in [0, 0.1) is 18.3 Å². The molecule has 0 radical (unpaired) electrons. The summed E-state index contributed by atoms with van der Waals surface area (Å²) < 4.78 is 24.4. The van der Waals surface area contributed by atoms with Crippen molar-refractivity contribution < 1.29 is 8.42 Å². The van der Waals surface area contributed by atoms with Crippen LogP contribution < -0.4 is 4.72 Å². The van der Waals surface area contributed by atoms with Gasteiger partial charge in [0.2, 0.25) is 10.0 Å². The third-order valence-electron chi connectivity index (χ3n) is 1.37. The van der Waals surface area contributed by atoms with E-state index < -0.39 is 15.8 Å². The minimum Gasteiger partial charge on any atom is -0.248 e. The van der Waals surface area contributed by atoms with Crippen molar-refractivity contribution in [1.82, 2.24) is 9.71 Å². The van der Waals surface area contributed by atoms with Gasteiger partial charge < -0.3 is 0 Å². The van der Waals surface area contributed by atoms with Gasteiger partial charge in [0.1, 0.15) is 5.01 Å². The summed E-state index contributed by atoms with van der Waals surface area (Å²) in [5, 5.41) is 8.92. The Hall–Kier alpha value is -0.970. The molecule has 1 rings (SSSR count). The van der Waals surface area contributed by atoms with Crippen molar-refractivity contribution in [2.24, 2.45) is 0 Å². The summed E-state index contributed by atoms with van der Waals surface area (Å²) in [7, 11) is -3.47. The molecule has 1 aromatic rings. The van der Waals surface area contributed by atoms with Crippen LogP contribution in [0.2, 0.25) is 0 Å². The number of hydrogen-bond acceptors (Lipinski definition) is 5. The van der Waals surface area contributed by atoms with Crippen molar-refractivity contribution in [3.63, 3.8) is 0 Å². The van der Waals surface area contributed by atoms with E-state index in [1.807, 2.05) is 6.92 Å². The van der Waals surface area contributed by atoms with Gasteiger partial charge in [-0.2, -0.15) is 5.26 Å². The maximum Gasteiger partial charge on any atom is 0.225 e. The van der Waals surface area contributed by atoms with Gasteiger partial charge in [-0.1, -0.05) is 0 Å². The Morgan fingerprint density at radius 3 is 2.93 bits per heavy atom. The predicted molar refractivity (Wildman–Crippen MR) is 53.1 cm³/mol. The summed E-state index contributed by atoms with van der Waals surface area (Å²) in [5.41, 5.74) is 0. The third kappa shape index (κ3) is 3.41. The van der Waals surface area contributed by atoms with Crippen LogP contribution in [0.15, 0.2) is 6.20 Å². The van der Waals surface area contributed by atoms with E-state index in [9.17, 15) is 8.42 Å². The lowest BCUT2D eigenvalue weighted by Gasteiger charge is -1.99. The average Bonchev–Trinajstić information content (AvgIpc) is 2.48. The first-order chi connectivity index (χ1) is 6.53. The molecule has 1 heterocycles.